The van der Waals surface area contributed by atoms with E-state index in [-0.39, 0.29) is 16.8 Å². The fourth-order valence-corrected chi connectivity index (χ4v) is 4.16. The first-order chi connectivity index (χ1) is 11.9. The molecule has 1 atom stereocenters. The van der Waals surface area contributed by atoms with Crippen LogP contribution in [0.4, 0.5) is 0 Å². The van der Waals surface area contributed by atoms with Gasteiger partial charge in [0.05, 0.1) is 4.90 Å². The van der Waals surface area contributed by atoms with E-state index >= 15 is 0 Å². The van der Waals surface area contributed by atoms with E-state index in [0.717, 1.165) is 19.3 Å². The van der Waals surface area contributed by atoms with E-state index in [0.29, 0.717) is 18.5 Å². The molecule has 25 heavy (non-hydrogen) atoms. The normalized spacial score (nSPS) is 16.2. The highest BCUT2D eigenvalue weighted by atomic mass is 32.2. The molecule has 138 valence electrons. The highest BCUT2D eigenvalue weighted by Gasteiger charge is 2.18. The molecular formula is C19H28N2O3S. The number of sulfonamides is 1. The minimum atomic E-state index is -3.60. The molecule has 6 heteroatoms. The van der Waals surface area contributed by atoms with Gasteiger partial charge in [0.1, 0.15) is 0 Å². The predicted molar refractivity (Wildman–Crippen MR) is 100 cm³/mol. The van der Waals surface area contributed by atoms with E-state index in [9.17, 15) is 13.2 Å². The molecule has 2 rings (SSSR count). The monoisotopic (exact) mass is 364 g/mol. The molecule has 1 amide bonds. The van der Waals surface area contributed by atoms with Crippen molar-refractivity contribution in [3.8, 4) is 0 Å². The molecule has 0 fully saturated rings. The largest absolute Gasteiger partial charge is 0.352 e. The van der Waals surface area contributed by atoms with Crippen LogP contribution in [0, 0.1) is 0 Å². The maximum atomic E-state index is 12.3. The van der Waals surface area contributed by atoms with E-state index in [2.05, 4.69) is 16.1 Å². The smallest absolute Gasteiger partial charge is 0.251 e. The van der Waals surface area contributed by atoms with Gasteiger partial charge in [-0.1, -0.05) is 24.6 Å². The van der Waals surface area contributed by atoms with E-state index in [1.54, 1.807) is 12.1 Å². The third kappa shape index (κ3) is 5.97. The molecule has 0 aliphatic heterocycles. The number of carbonyl (C=O) groups excluding carboxylic acids is 1. The third-order valence-corrected chi connectivity index (χ3v) is 6.08. The molecule has 0 aromatic heterocycles. The van der Waals surface area contributed by atoms with Crippen molar-refractivity contribution in [1.29, 1.82) is 0 Å². The van der Waals surface area contributed by atoms with Gasteiger partial charge in [-0.05, 0) is 63.6 Å². The Labute approximate surface area is 151 Å². The van der Waals surface area contributed by atoms with Crippen molar-refractivity contribution in [3.05, 3.63) is 41.5 Å². The second kappa shape index (κ2) is 9.15. The highest BCUT2D eigenvalue weighted by molar-refractivity contribution is 7.89. The lowest BCUT2D eigenvalue weighted by molar-refractivity contribution is 0.0954. The Bertz CT molecular complexity index is 726. The van der Waals surface area contributed by atoms with E-state index in [1.807, 2.05) is 13.8 Å². The van der Waals surface area contributed by atoms with Gasteiger partial charge in [-0.2, -0.15) is 0 Å². The van der Waals surface area contributed by atoms with E-state index in [1.165, 1.54) is 30.5 Å². The Morgan fingerprint density at radius 1 is 1.28 bits per heavy atom. The first-order valence-corrected chi connectivity index (χ1v) is 10.5. The number of benzene rings is 1. The number of amides is 1. The van der Waals surface area contributed by atoms with Crippen LogP contribution in [0.15, 0.2) is 40.8 Å². The summed E-state index contributed by atoms with van der Waals surface area (Å²) in [7, 11) is -3.60. The lowest BCUT2D eigenvalue weighted by Gasteiger charge is -2.14. The van der Waals surface area contributed by atoms with E-state index in [4.69, 9.17) is 0 Å². The number of carbonyl (C=O) groups is 1. The molecule has 0 saturated heterocycles. The first kappa shape index (κ1) is 19.7. The minimum Gasteiger partial charge on any atom is -0.352 e. The van der Waals surface area contributed by atoms with Crippen LogP contribution in [0.2, 0.25) is 0 Å². The summed E-state index contributed by atoms with van der Waals surface area (Å²) in [5.74, 6) is -0.239. The molecule has 1 aromatic carbocycles. The highest BCUT2D eigenvalue weighted by Crippen LogP contribution is 2.19. The van der Waals surface area contributed by atoms with Gasteiger partial charge in [0.2, 0.25) is 10.0 Å². The van der Waals surface area contributed by atoms with Crippen LogP contribution in [-0.4, -0.2) is 26.9 Å². The van der Waals surface area contributed by atoms with Crippen LogP contribution in [-0.2, 0) is 10.0 Å². The summed E-state index contributed by atoms with van der Waals surface area (Å²) in [5, 5.41) is 2.88. The number of hydrogen-bond donors (Lipinski definition) is 2. The number of allylic oxidation sites excluding steroid dienone is 1. The van der Waals surface area contributed by atoms with Gasteiger partial charge in [-0.15, -0.1) is 0 Å². The fourth-order valence-electron chi connectivity index (χ4n) is 2.79. The molecule has 0 bridgehead atoms. The quantitative estimate of drug-likeness (QED) is 0.694. The Hall–Kier alpha value is -1.66. The summed E-state index contributed by atoms with van der Waals surface area (Å²) in [6.45, 7) is 4.31. The lowest BCUT2D eigenvalue weighted by atomic mass is 9.97. The zero-order valence-electron chi connectivity index (χ0n) is 15.0. The number of rotatable bonds is 8. The first-order valence-electron chi connectivity index (χ1n) is 9.01. The maximum Gasteiger partial charge on any atom is 0.251 e. The van der Waals surface area contributed by atoms with Crippen molar-refractivity contribution >= 4 is 15.9 Å². The molecular weight excluding hydrogens is 336 g/mol. The summed E-state index contributed by atoms with van der Waals surface area (Å²) in [4.78, 5) is 12.4. The van der Waals surface area contributed by atoms with Crippen LogP contribution in [0.5, 0.6) is 0 Å². The number of hydrogen-bond acceptors (Lipinski definition) is 3. The van der Waals surface area contributed by atoms with Gasteiger partial charge in [-0.3, -0.25) is 4.79 Å². The zero-order chi connectivity index (χ0) is 18.3. The average molecular weight is 365 g/mol. The van der Waals surface area contributed by atoms with Gasteiger partial charge >= 0.3 is 0 Å². The molecule has 2 N–H and O–H groups in total. The van der Waals surface area contributed by atoms with Gasteiger partial charge in [0, 0.05) is 18.2 Å². The summed E-state index contributed by atoms with van der Waals surface area (Å²) in [5.41, 5.74) is 1.77. The molecule has 0 saturated carbocycles. The standard InChI is InChI=1S/C19H28N2O3S/c1-3-15(2)21-25(23,24)18-11-7-10-17(14-18)19(22)20-13-12-16-8-5-4-6-9-16/h7-8,10-11,14-15,21H,3-6,9,12-13H2,1-2H3,(H,20,22). The Kier molecular flexibility index (Phi) is 7.20. The summed E-state index contributed by atoms with van der Waals surface area (Å²) >= 11 is 0. The molecule has 5 nitrogen and oxygen atoms in total. The molecule has 1 aromatic rings. The molecule has 0 heterocycles. The minimum absolute atomic E-state index is 0.121. The SMILES string of the molecule is CCC(C)NS(=O)(=O)c1cccc(C(=O)NCCC2=CCCCC2)c1. The zero-order valence-corrected chi connectivity index (χ0v) is 15.9. The third-order valence-electron chi connectivity index (χ3n) is 4.49. The summed E-state index contributed by atoms with van der Waals surface area (Å²) < 4.78 is 27.3. The van der Waals surface area contributed by atoms with Crippen molar-refractivity contribution in [2.45, 2.75) is 63.3 Å². The Balaban J connectivity index is 1.97. The molecule has 1 unspecified atom stereocenters. The van der Waals surface area contributed by atoms with Crippen LogP contribution in [0.25, 0.3) is 0 Å². The Morgan fingerprint density at radius 3 is 2.76 bits per heavy atom. The second-order valence-corrected chi connectivity index (χ2v) is 8.29. The number of nitrogens with one attached hydrogen (secondary N) is 2. The van der Waals surface area contributed by atoms with Crippen molar-refractivity contribution in [2.24, 2.45) is 0 Å². The Morgan fingerprint density at radius 2 is 2.08 bits per heavy atom. The summed E-state index contributed by atoms with van der Waals surface area (Å²) in [6, 6.07) is 6.03. The maximum absolute atomic E-state index is 12.3. The van der Waals surface area contributed by atoms with Crippen molar-refractivity contribution in [2.75, 3.05) is 6.54 Å². The van der Waals surface area contributed by atoms with Crippen molar-refractivity contribution in [1.82, 2.24) is 10.0 Å². The van der Waals surface area contributed by atoms with Gasteiger partial charge < -0.3 is 5.32 Å². The molecule has 0 radical (unpaired) electrons. The lowest BCUT2D eigenvalue weighted by Crippen LogP contribution is -2.32. The molecule has 1 aliphatic rings. The van der Waals surface area contributed by atoms with Crippen LogP contribution < -0.4 is 10.0 Å². The van der Waals surface area contributed by atoms with E-state index < -0.39 is 10.0 Å². The van der Waals surface area contributed by atoms with Crippen LogP contribution in [0.1, 0.15) is 62.7 Å². The van der Waals surface area contributed by atoms with Crippen molar-refractivity contribution in [3.63, 3.8) is 0 Å². The van der Waals surface area contributed by atoms with Crippen molar-refractivity contribution < 1.29 is 13.2 Å². The predicted octanol–water partition coefficient (Wildman–Crippen LogP) is 3.38. The molecule has 1 aliphatic carbocycles. The topological polar surface area (TPSA) is 75.3 Å². The van der Waals surface area contributed by atoms with Crippen LogP contribution in [0.3, 0.4) is 0 Å². The second-order valence-electron chi connectivity index (χ2n) is 6.57. The van der Waals surface area contributed by atoms with Crippen LogP contribution >= 0.6 is 0 Å². The molecule has 0 spiro atoms. The van der Waals surface area contributed by atoms with Gasteiger partial charge in [0.25, 0.3) is 5.91 Å². The van der Waals surface area contributed by atoms with Gasteiger partial charge in [-0.25, -0.2) is 13.1 Å². The summed E-state index contributed by atoms with van der Waals surface area (Å²) in [6.07, 6.45) is 8.56. The average Bonchev–Trinajstić information content (AvgIpc) is 2.62. The van der Waals surface area contributed by atoms with Gasteiger partial charge in [0.15, 0.2) is 0 Å². The fraction of sp³-hybridized carbons (Fsp3) is 0.526.